The monoisotopic (exact) mass is 351 g/mol. The molecule has 0 amide bonds. The van der Waals surface area contributed by atoms with E-state index >= 15 is 0 Å². The maximum Gasteiger partial charge on any atom is 0.122 e. The molecule has 1 heterocycles. The summed E-state index contributed by atoms with van der Waals surface area (Å²) < 4.78 is 8.38. The fourth-order valence-corrected chi connectivity index (χ4v) is 2.75. The Bertz CT molecular complexity index is 583. The van der Waals surface area contributed by atoms with Crippen LogP contribution in [-0.4, -0.2) is 23.4 Å². The second kappa shape index (κ2) is 7.61. The number of hydrogen-bond donors (Lipinski definition) is 1. The Morgan fingerprint density at radius 1 is 1.38 bits per heavy atom. The molecule has 0 saturated carbocycles. The molecular formula is C16H22BrN3O. The minimum absolute atomic E-state index is 0.189. The van der Waals surface area contributed by atoms with Crippen molar-refractivity contribution in [1.29, 1.82) is 0 Å². The Morgan fingerprint density at radius 2 is 2.19 bits per heavy atom. The van der Waals surface area contributed by atoms with Crippen molar-refractivity contribution in [3.05, 3.63) is 46.2 Å². The van der Waals surface area contributed by atoms with Crippen molar-refractivity contribution in [3.63, 3.8) is 0 Å². The fraction of sp³-hybridized carbons (Fsp3) is 0.438. The molecule has 1 N–H and O–H groups in total. The van der Waals surface area contributed by atoms with Crippen LogP contribution in [0.3, 0.4) is 0 Å². The molecular weight excluding hydrogens is 330 g/mol. The zero-order valence-corrected chi connectivity index (χ0v) is 14.4. The molecule has 21 heavy (non-hydrogen) atoms. The molecule has 1 atom stereocenters. The highest BCUT2D eigenvalue weighted by Crippen LogP contribution is 2.27. The van der Waals surface area contributed by atoms with Gasteiger partial charge in [-0.05, 0) is 49.2 Å². The lowest BCUT2D eigenvalue weighted by Gasteiger charge is -2.18. The molecule has 0 radical (unpaired) electrons. The van der Waals surface area contributed by atoms with Crippen LogP contribution in [0.2, 0.25) is 0 Å². The summed E-state index contributed by atoms with van der Waals surface area (Å²) in [4.78, 5) is 0. The zero-order chi connectivity index (χ0) is 15.2. The van der Waals surface area contributed by atoms with E-state index in [1.807, 2.05) is 30.1 Å². The standard InChI is InChI=1S/C16H22BrN3O/c1-4-8-18-15(14-7-9-20(2)19-14)11-12-10-13(17)5-6-16(12)21-3/h5-7,9-10,15,18H,4,8,11H2,1-3H3. The van der Waals surface area contributed by atoms with Crippen LogP contribution in [0.1, 0.15) is 30.6 Å². The molecule has 0 spiro atoms. The van der Waals surface area contributed by atoms with Crippen molar-refractivity contribution >= 4 is 15.9 Å². The summed E-state index contributed by atoms with van der Waals surface area (Å²) in [6.07, 6.45) is 3.92. The lowest BCUT2D eigenvalue weighted by atomic mass is 10.0. The van der Waals surface area contributed by atoms with Gasteiger partial charge in [-0.2, -0.15) is 5.10 Å². The van der Waals surface area contributed by atoms with Gasteiger partial charge in [0.05, 0.1) is 18.8 Å². The second-order valence-corrected chi connectivity index (χ2v) is 6.00. The third-order valence-electron chi connectivity index (χ3n) is 3.40. The van der Waals surface area contributed by atoms with Gasteiger partial charge in [0.1, 0.15) is 5.75 Å². The summed E-state index contributed by atoms with van der Waals surface area (Å²) in [7, 11) is 3.65. The highest BCUT2D eigenvalue weighted by molar-refractivity contribution is 9.10. The van der Waals surface area contributed by atoms with Crippen LogP contribution in [0, 0.1) is 0 Å². The maximum absolute atomic E-state index is 5.47. The number of benzene rings is 1. The Labute approximate surface area is 134 Å². The van der Waals surface area contributed by atoms with Gasteiger partial charge in [-0.3, -0.25) is 4.68 Å². The number of hydrogen-bond acceptors (Lipinski definition) is 3. The highest BCUT2D eigenvalue weighted by Gasteiger charge is 2.16. The third kappa shape index (κ3) is 4.32. The molecule has 2 aromatic rings. The average Bonchev–Trinajstić information content (AvgIpc) is 2.90. The van der Waals surface area contributed by atoms with E-state index in [1.165, 1.54) is 5.56 Å². The molecule has 2 rings (SSSR count). The van der Waals surface area contributed by atoms with Gasteiger partial charge in [-0.1, -0.05) is 22.9 Å². The van der Waals surface area contributed by atoms with Crippen LogP contribution in [0.25, 0.3) is 0 Å². The molecule has 1 aromatic heterocycles. The average molecular weight is 352 g/mol. The van der Waals surface area contributed by atoms with Gasteiger partial charge in [-0.25, -0.2) is 0 Å². The first kappa shape index (κ1) is 16.0. The Kier molecular flexibility index (Phi) is 5.82. The number of halogens is 1. The molecule has 1 aromatic carbocycles. The van der Waals surface area contributed by atoms with Crippen molar-refractivity contribution in [2.45, 2.75) is 25.8 Å². The fourth-order valence-electron chi connectivity index (χ4n) is 2.35. The summed E-state index contributed by atoms with van der Waals surface area (Å²) in [5.74, 6) is 0.914. The molecule has 5 heteroatoms. The van der Waals surface area contributed by atoms with E-state index < -0.39 is 0 Å². The van der Waals surface area contributed by atoms with Crippen molar-refractivity contribution < 1.29 is 4.74 Å². The number of aromatic nitrogens is 2. The maximum atomic E-state index is 5.47. The van der Waals surface area contributed by atoms with Crippen LogP contribution in [-0.2, 0) is 13.5 Å². The second-order valence-electron chi connectivity index (χ2n) is 5.08. The zero-order valence-electron chi connectivity index (χ0n) is 12.8. The Morgan fingerprint density at radius 3 is 2.81 bits per heavy atom. The quantitative estimate of drug-likeness (QED) is 0.829. The first-order chi connectivity index (χ1) is 10.1. The van der Waals surface area contributed by atoms with Gasteiger partial charge >= 0.3 is 0 Å². The summed E-state index contributed by atoms with van der Waals surface area (Å²) in [5.41, 5.74) is 2.24. The summed E-state index contributed by atoms with van der Waals surface area (Å²) in [6.45, 7) is 3.14. The highest BCUT2D eigenvalue weighted by atomic mass is 79.9. The topological polar surface area (TPSA) is 39.1 Å². The number of rotatable bonds is 7. The minimum Gasteiger partial charge on any atom is -0.496 e. The van der Waals surface area contributed by atoms with Gasteiger partial charge in [0.15, 0.2) is 0 Å². The largest absolute Gasteiger partial charge is 0.496 e. The van der Waals surface area contributed by atoms with Gasteiger partial charge in [0.2, 0.25) is 0 Å². The van der Waals surface area contributed by atoms with Crippen LogP contribution in [0.4, 0.5) is 0 Å². The molecule has 1 unspecified atom stereocenters. The summed E-state index contributed by atoms with van der Waals surface area (Å²) in [6, 6.07) is 8.36. The van der Waals surface area contributed by atoms with Crippen molar-refractivity contribution in [2.24, 2.45) is 7.05 Å². The Balaban J connectivity index is 2.24. The number of nitrogens with one attached hydrogen (secondary N) is 1. The number of ether oxygens (including phenoxy) is 1. The molecule has 0 aliphatic rings. The van der Waals surface area contributed by atoms with Crippen LogP contribution in [0.5, 0.6) is 5.75 Å². The van der Waals surface area contributed by atoms with E-state index in [0.29, 0.717) is 0 Å². The predicted molar refractivity (Wildman–Crippen MR) is 88.6 cm³/mol. The van der Waals surface area contributed by atoms with E-state index in [0.717, 1.165) is 35.3 Å². The van der Waals surface area contributed by atoms with E-state index in [9.17, 15) is 0 Å². The van der Waals surface area contributed by atoms with E-state index in [4.69, 9.17) is 4.74 Å². The first-order valence-electron chi connectivity index (χ1n) is 7.19. The summed E-state index contributed by atoms with van der Waals surface area (Å²) in [5, 5.41) is 8.11. The van der Waals surface area contributed by atoms with Gasteiger partial charge in [-0.15, -0.1) is 0 Å². The molecule has 0 bridgehead atoms. The molecule has 114 valence electrons. The lowest BCUT2D eigenvalue weighted by Crippen LogP contribution is -2.25. The first-order valence-corrected chi connectivity index (χ1v) is 7.98. The SMILES string of the molecule is CCCNC(Cc1cc(Br)ccc1OC)c1ccn(C)n1. The summed E-state index contributed by atoms with van der Waals surface area (Å²) >= 11 is 3.53. The smallest absolute Gasteiger partial charge is 0.122 e. The van der Waals surface area contributed by atoms with Gasteiger partial charge in [0, 0.05) is 17.7 Å². The van der Waals surface area contributed by atoms with Crippen molar-refractivity contribution in [3.8, 4) is 5.75 Å². The van der Waals surface area contributed by atoms with Gasteiger partial charge < -0.3 is 10.1 Å². The van der Waals surface area contributed by atoms with E-state index in [1.54, 1.807) is 7.11 Å². The van der Waals surface area contributed by atoms with Crippen LogP contribution >= 0.6 is 15.9 Å². The lowest BCUT2D eigenvalue weighted by molar-refractivity contribution is 0.404. The Hall–Kier alpha value is -1.33. The van der Waals surface area contributed by atoms with Crippen LogP contribution < -0.4 is 10.1 Å². The predicted octanol–water partition coefficient (Wildman–Crippen LogP) is 3.47. The van der Waals surface area contributed by atoms with Gasteiger partial charge in [0.25, 0.3) is 0 Å². The third-order valence-corrected chi connectivity index (χ3v) is 3.89. The molecule has 0 saturated heterocycles. The number of methoxy groups -OCH3 is 1. The number of aryl methyl sites for hydroxylation is 1. The molecule has 0 fully saturated rings. The van der Waals surface area contributed by atoms with Crippen molar-refractivity contribution in [1.82, 2.24) is 15.1 Å². The van der Waals surface area contributed by atoms with Crippen molar-refractivity contribution in [2.75, 3.05) is 13.7 Å². The number of nitrogens with zero attached hydrogens (tertiary/aromatic N) is 2. The molecule has 4 nitrogen and oxygen atoms in total. The van der Waals surface area contributed by atoms with E-state index in [-0.39, 0.29) is 6.04 Å². The molecule has 0 aliphatic heterocycles. The van der Waals surface area contributed by atoms with E-state index in [2.05, 4.69) is 45.4 Å². The normalized spacial score (nSPS) is 12.4. The minimum atomic E-state index is 0.189. The van der Waals surface area contributed by atoms with Crippen LogP contribution in [0.15, 0.2) is 34.9 Å². The molecule has 0 aliphatic carbocycles.